The van der Waals surface area contributed by atoms with Crippen LogP contribution in [0.15, 0.2) is 0 Å². The van der Waals surface area contributed by atoms with E-state index < -0.39 is 0 Å². The van der Waals surface area contributed by atoms with Crippen LogP contribution in [0.1, 0.15) is 19.8 Å². The van der Waals surface area contributed by atoms with Gasteiger partial charge >= 0.3 is 0 Å². The minimum atomic E-state index is -0.0987. The SMILES string of the molecule is CC(CN)C(=O)NCCOCC1CC1. The van der Waals surface area contributed by atoms with Crippen LogP contribution in [-0.2, 0) is 9.53 Å². The third-order valence-corrected chi connectivity index (χ3v) is 2.40. The Hall–Kier alpha value is -0.610. The summed E-state index contributed by atoms with van der Waals surface area (Å²) < 4.78 is 5.38. The summed E-state index contributed by atoms with van der Waals surface area (Å²) in [5.74, 6) is 0.703. The molecule has 1 aliphatic carbocycles. The Labute approximate surface area is 85.2 Å². The van der Waals surface area contributed by atoms with Gasteiger partial charge in [0.1, 0.15) is 0 Å². The van der Waals surface area contributed by atoms with E-state index >= 15 is 0 Å². The molecule has 0 aromatic heterocycles. The first-order valence-corrected chi connectivity index (χ1v) is 5.29. The van der Waals surface area contributed by atoms with E-state index in [9.17, 15) is 4.79 Å². The van der Waals surface area contributed by atoms with E-state index in [1.54, 1.807) is 0 Å². The smallest absolute Gasteiger partial charge is 0.224 e. The van der Waals surface area contributed by atoms with Crippen LogP contribution in [0.4, 0.5) is 0 Å². The number of rotatable bonds is 7. The normalized spacial score (nSPS) is 17.9. The van der Waals surface area contributed by atoms with Crippen molar-refractivity contribution in [3.05, 3.63) is 0 Å². The molecule has 1 atom stereocenters. The van der Waals surface area contributed by atoms with Crippen molar-refractivity contribution in [1.29, 1.82) is 0 Å². The first-order chi connectivity index (χ1) is 6.74. The second-order valence-corrected chi connectivity index (χ2v) is 3.95. The van der Waals surface area contributed by atoms with E-state index in [0.29, 0.717) is 19.7 Å². The summed E-state index contributed by atoms with van der Waals surface area (Å²) in [7, 11) is 0. The molecule has 0 aromatic rings. The molecule has 0 aliphatic heterocycles. The maximum Gasteiger partial charge on any atom is 0.224 e. The molecule has 0 saturated heterocycles. The minimum absolute atomic E-state index is 0.0162. The first kappa shape index (κ1) is 11.5. The third kappa shape index (κ3) is 4.58. The van der Waals surface area contributed by atoms with Crippen LogP contribution >= 0.6 is 0 Å². The molecule has 4 heteroatoms. The maximum atomic E-state index is 11.2. The van der Waals surface area contributed by atoms with Crippen molar-refractivity contribution in [3.63, 3.8) is 0 Å². The van der Waals surface area contributed by atoms with Crippen LogP contribution in [0.25, 0.3) is 0 Å². The molecule has 1 amide bonds. The van der Waals surface area contributed by atoms with Crippen molar-refractivity contribution < 1.29 is 9.53 Å². The Morgan fingerprint density at radius 2 is 2.36 bits per heavy atom. The van der Waals surface area contributed by atoms with Gasteiger partial charge in [0.25, 0.3) is 0 Å². The average molecular weight is 200 g/mol. The van der Waals surface area contributed by atoms with Crippen LogP contribution in [0.2, 0.25) is 0 Å². The molecule has 1 saturated carbocycles. The van der Waals surface area contributed by atoms with Crippen LogP contribution in [0.5, 0.6) is 0 Å². The zero-order valence-electron chi connectivity index (χ0n) is 8.79. The Balaban J connectivity index is 1.88. The number of amides is 1. The molecule has 0 bridgehead atoms. The van der Waals surface area contributed by atoms with Crippen LogP contribution in [0.3, 0.4) is 0 Å². The van der Waals surface area contributed by atoms with Crippen molar-refractivity contribution in [2.75, 3.05) is 26.3 Å². The number of nitrogens with one attached hydrogen (secondary N) is 1. The lowest BCUT2D eigenvalue weighted by Gasteiger charge is -2.09. The highest BCUT2D eigenvalue weighted by molar-refractivity contribution is 5.78. The molecule has 0 heterocycles. The van der Waals surface area contributed by atoms with E-state index in [0.717, 1.165) is 12.5 Å². The lowest BCUT2D eigenvalue weighted by atomic mass is 10.2. The topological polar surface area (TPSA) is 64.4 Å². The molecule has 3 N–H and O–H groups in total. The summed E-state index contributed by atoms with van der Waals surface area (Å²) in [6.07, 6.45) is 2.60. The number of carbonyl (C=O) groups excluding carboxylic acids is 1. The lowest BCUT2D eigenvalue weighted by Crippen LogP contribution is -2.35. The molecule has 1 rings (SSSR count). The summed E-state index contributed by atoms with van der Waals surface area (Å²) in [4.78, 5) is 11.2. The van der Waals surface area contributed by atoms with Crippen molar-refractivity contribution >= 4 is 5.91 Å². The van der Waals surface area contributed by atoms with Gasteiger partial charge in [-0.05, 0) is 18.8 Å². The second-order valence-electron chi connectivity index (χ2n) is 3.95. The molecule has 0 radical (unpaired) electrons. The highest BCUT2D eigenvalue weighted by Crippen LogP contribution is 2.28. The average Bonchev–Trinajstić information content (AvgIpc) is 2.99. The fourth-order valence-electron chi connectivity index (χ4n) is 1.06. The molecule has 0 aromatic carbocycles. The van der Waals surface area contributed by atoms with E-state index in [-0.39, 0.29) is 11.8 Å². The first-order valence-electron chi connectivity index (χ1n) is 5.29. The molecule has 1 aliphatic rings. The van der Waals surface area contributed by atoms with E-state index in [1.165, 1.54) is 12.8 Å². The number of ether oxygens (including phenoxy) is 1. The summed E-state index contributed by atoms with van der Waals surface area (Å²) in [6, 6.07) is 0. The maximum absolute atomic E-state index is 11.2. The Morgan fingerprint density at radius 1 is 1.64 bits per heavy atom. The van der Waals surface area contributed by atoms with Crippen LogP contribution in [0, 0.1) is 11.8 Å². The third-order valence-electron chi connectivity index (χ3n) is 2.40. The van der Waals surface area contributed by atoms with Gasteiger partial charge in [-0.25, -0.2) is 0 Å². The largest absolute Gasteiger partial charge is 0.379 e. The molecule has 14 heavy (non-hydrogen) atoms. The summed E-state index contributed by atoms with van der Waals surface area (Å²) in [5, 5.41) is 2.78. The van der Waals surface area contributed by atoms with Gasteiger partial charge in [-0.1, -0.05) is 6.92 Å². The van der Waals surface area contributed by atoms with E-state index in [1.807, 2.05) is 6.92 Å². The van der Waals surface area contributed by atoms with Crippen molar-refractivity contribution in [2.45, 2.75) is 19.8 Å². The van der Waals surface area contributed by atoms with Gasteiger partial charge in [-0.3, -0.25) is 4.79 Å². The minimum Gasteiger partial charge on any atom is -0.379 e. The van der Waals surface area contributed by atoms with Crippen molar-refractivity contribution in [1.82, 2.24) is 5.32 Å². The quantitative estimate of drug-likeness (QED) is 0.574. The lowest BCUT2D eigenvalue weighted by molar-refractivity contribution is -0.124. The van der Waals surface area contributed by atoms with Gasteiger partial charge in [0, 0.05) is 25.6 Å². The van der Waals surface area contributed by atoms with Gasteiger partial charge in [-0.2, -0.15) is 0 Å². The molecule has 4 nitrogen and oxygen atoms in total. The zero-order valence-corrected chi connectivity index (χ0v) is 8.79. The standard InChI is InChI=1S/C10H20N2O2/c1-8(6-11)10(13)12-4-5-14-7-9-2-3-9/h8-9H,2-7,11H2,1H3,(H,12,13). The Kier molecular flexibility index (Phi) is 4.90. The fraction of sp³-hybridized carbons (Fsp3) is 0.900. The molecule has 1 unspecified atom stereocenters. The Bertz CT molecular complexity index is 181. The number of nitrogens with two attached hydrogens (primary N) is 1. The van der Waals surface area contributed by atoms with Crippen molar-refractivity contribution in [3.8, 4) is 0 Å². The highest BCUT2D eigenvalue weighted by Gasteiger charge is 2.20. The highest BCUT2D eigenvalue weighted by atomic mass is 16.5. The van der Waals surface area contributed by atoms with Gasteiger partial charge in [0.05, 0.1) is 6.61 Å². The number of carbonyl (C=O) groups is 1. The van der Waals surface area contributed by atoms with Gasteiger partial charge in [0.15, 0.2) is 0 Å². The molecular weight excluding hydrogens is 180 g/mol. The second kappa shape index (κ2) is 5.98. The monoisotopic (exact) mass is 200 g/mol. The van der Waals surface area contributed by atoms with Gasteiger partial charge < -0.3 is 15.8 Å². The molecule has 0 spiro atoms. The molecular formula is C10H20N2O2. The van der Waals surface area contributed by atoms with Gasteiger partial charge in [-0.15, -0.1) is 0 Å². The fourth-order valence-corrected chi connectivity index (χ4v) is 1.06. The van der Waals surface area contributed by atoms with Crippen LogP contribution in [-0.4, -0.2) is 32.2 Å². The van der Waals surface area contributed by atoms with E-state index in [4.69, 9.17) is 10.5 Å². The predicted octanol–water partition coefficient (Wildman–Crippen LogP) is 0.124. The van der Waals surface area contributed by atoms with Crippen molar-refractivity contribution in [2.24, 2.45) is 17.6 Å². The van der Waals surface area contributed by atoms with Gasteiger partial charge in [0.2, 0.25) is 5.91 Å². The van der Waals surface area contributed by atoms with E-state index in [2.05, 4.69) is 5.32 Å². The molecule has 82 valence electrons. The predicted molar refractivity (Wildman–Crippen MR) is 54.8 cm³/mol. The van der Waals surface area contributed by atoms with Crippen LogP contribution < -0.4 is 11.1 Å². The number of hydrogen-bond donors (Lipinski definition) is 2. The molecule has 1 fully saturated rings. The summed E-state index contributed by atoms with van der Waals surface area (Å²) in [6.45, 7) is 4.27. The Morgan fingerprint density at radius 3 is 2.93 bits per heavy atom. The zero-order chi connectivity index (χ0) is 10.4. The summed E-state index contributed by atoms with van der Waals surface area (Å²) >= 11 is 0. The summed E-state index contributed by atoms with van der Waals surface area (Å²) in [5.41, 5.74) is 5.36. The number of hydrogen-bond acceptors (Lipinski definition) is 3.